The summed E-state index contributed by atoms with van der Waals surface area (Å²) in [6.07, 6.45) is 0. The fourth-order valence-corrected chi connectivity index (χ4v) is 2.78. The van der Waals surface area contributed by atoms with Gasteiger partial charge in [0.2, 0.25) is 0 Å². The number of rotatable bonds is 3. The molecule has 4 rings (SSSR count). The first-order valence-corrected chi connectivity index (χ1v) is 7.99. The summed E-state index contributed by atoms with van der Waals surface area (Å²) >= 11 is 0. The average molecular weight is 346 g/mol. The van der Waals surface area contributed by atoms with Crippen molar-refractivity contribution >= 4 is 27.8 Å². The Hall–Kier alpha value is -3.61. The molecule has 0 aliphatic rings. The maximum atomic E-state index is 12.5. The van der Waals surface area contributed by atoms with Crippen molar-refractivity contribution in [2.24, 2.45) is 0 Å². The second-order valence-corrected chi connectivity index (χ2v) is 5.80. The highest BCUT2D eigenvalue weighted by molar-refractivity contribution is 6.03. The first-order valence-electron chi connectivity index (χ1n) is 7.99. The van der Waals surface area contributed by atoms with Crippen LogP contribution in [0.5, 0.6) is 0 Å². The van der Waals surface area contributed by atoms with Gasteiger partial charge in [-0.3, -0.25) is 9.78 Å². The molecular formula is C19H14N4O3. The Bertz CT molecular complexity index is 1200. The topological polar surface area (TPSA) is 87.0 Å². The van der Waals surface area contributed by atoms with Gasteiger partial charge in [0, 0.05) is 11.1 Å². The Morgan fingerprint density at radius 2 is 1.73 bits per heavy atom. The molecule has 0 saturated carbocycles. The van der Waals surface area contributed by atoms with E-state index in [0.29, 0.717) is 33.1 Å². The number of aryl methyl sites for hydroxylation is 1. The molecule has 0 saturated heterocycles. The van der Waals surface area contributed by atoms with Crippen LogP contribution in [0.15, 0.2) is 59.4 Å². The molecule has 0 spiro atoms. The summed E-state index contributed by atoms with van der Waals surface area (Å²) in [5.41, 5.74) is 1.95. The molecule has 0 amide bonds. The minimum absolute atomic E-state index is 0.314. The Morgan fingerprint density at radius 1 is 1.04 bits per heavy atom. The van der Waals surface area contributed by atoms with E-state index < -0.39 is 5.97 Å². The Balaban J connectivity index is 1.64. The van der Waals surface area contributed by atoms with Crippen molar-refractivity contribution in [1.29, 1.82) is 0 Å². The number of benzene rings is 2. The number of ether oxygens (including phenoxy) is 1. The van der Waals surface area contributed by atoms with Crippen molar-refractivity contribution in [3.8, 4) is 0 Å². The average Bonchev–Trinajstić information content (AvgIpc) is 2.66. The van der Waals surface area contributed by atoms with Gasteiger partial charge in [-0.15, -0.1) is 5.10 Å². The number of hydrogen-bond acceptors (Lipinski definition) is 6. The van der Waals surface area contributed by atoms with Crippen LogP contribution >= 0.6 is 0 Å². The molecule has 0 unspecified atom stereocenters. The zero-order valence-electron chi connectivity index (χ0n) is 13.9. The normalized spacial score (nSPS) is 11.0. The minimum atomic E-state index is -0.548. The number of carbonyl (C=O) groups is 1. The molecule has 7 nitrogen and oxygen atoms in total. The molecule has 0 atom stereocenters. The maximum Gasteiger partial charge on any atom is 0.340 e. The van der Waals surface area contributed by atoms with E-state index in [0.717, 1.165) is 4.68 Å². The van der Waals surface area contributed by atoms with Crippen molar-refractivity contribution in [2.45, 2.75) is 13.7 Å². The lowest BCUT2D eigenvalue weighted by atomic mass is 10.1. The fraction of sp³-hybridized carbons (Fsp3) is 0.105. The predicted molar refractivity (Wildman–Crippen MR) is 95.7 cm³/mol. The molecular weight excluding hydrogens is 332 g/mol. The van der Waals surface area contributed by atoms with Crippen molar-refractivity contribution in [3.05, 3.63) is 76.2 Å². The predicted octanol–water partition coefficient (Wildman–Crippen LogP) is 2.46. The van der Waals surface area contributed by atoms with E-state index in [-0.39, 0.29) is 12.3 Å². The molecule has 0 radical (unpaired) electrons. The van der Waals surface area contributed by atoms with Crippen LogP contribution in [0.3, 0.4) is 0 Å². The Kier molecular flexibility index (Phi) is 3.89. The molecule has 0 aliphatic heterocycles. The smallest absolute Gasteiger partial charge is 0.340 e. The van der Waals surface area contributed by atoms with Crippen LogP contribution in [0.25, 0.3) is 21.8 Å². The number of para-hydroxylation sites is 1. The second kappa shape index (κ2) is 6.36. The highest BCUT2D eigenvalue weighted by Crippen LogP contribution is 2.19. The van der Waals surface area contributed by atoms with E-state index in [4.69, 9.17) is 4.74 Å². The Labute approximate surface area is 147 Å². The van der Waals surface area contributed by atoms with Crippen molar-refractivity contribution in [1.82, 2.24) is 20.0 Å². The van der Waals surface area contributed by atoms with Crippen LogP contribution in [0, 0.1) is 6.92 Å². The number of aromatic nitrogens is 4. The van der Waals surface area contributed by atoms with Gasteiger partial charge >= 0.3 is 5.97 Å². The monoisotopic (exact) mass is 346 g/mol. The number of carbonyl (C=O) groups excluding carboxylic acids is 1. The summed E-state index contributed by atoms with van der Waals surface area (Å²) in [7, 11) is 0. The van der Waals surface area contributed by atoms with Crippen LogP contribution in [0.2, 0.25) is 0 Å². The SMILES string of the molecule is Cc1cc(C(=O)OCn2nnc3ccccc3c2=O)c2ccccc2n1. The molecule has 4 aromatic rings. The lowest BCUT2D eigenvalue weighted by molar-refractivity contribution is 0.0338. The maximum absolute atomic E-state index is 12.5. The number of nitrogens with zero attached hydrogens (tertiary/aromatic N) is 4. The summed E-state index contributed by atoms with van der Waals surface area (Å²) < 4.78 is 6.33. The van der Waals surface area contributed by atoms with Gasteiger partial charge in [-0.1, -0.05) is 35.5 Å². The van der Waals surface area contributed by atoms with E-state index in [2.05, 4.69) is 15.3 Å². The van der Waals surface area contributed by atoms with Crippen molar-refractivity contribution in [2.75, 3.05) is 0 Å². The zero-order chi connectivity index (χ0) is 18.1. The Morgan fingerprint density at radius 3 is 2.54 bits per heavy atom. The van der Waals surface area contributed by atoms with E-state index in [1.54, 1.807) is 36.4 Å². The molecule has 0 fully saturated rings. The zero-order valence-corrected chi connectivity index (χ0v) is 13.9. The van der Waals surface area contributed by atoms with Crippen molar-refractivity contribution < 1.29 is 9.53 Å². The quantitative estimate of drug-likeness (QED) is 0.530. The highest BCUT2D eigenvalue weighted by Gasteiger charge is 2.14. The van der Waals surface area contributed by atoms with E-state index in [1.807, 2.05) is 25.1 Å². The number of hydrogen-bond donors (Lipinski definition) is 0. The van der Waals surface area contributed by atoms with E-state index in [9.17, 15) is 9.59 Å². The van der Waals surface area contributed by atoms with Gasteiger partial charge in [0.15, 0.2) is 6.73 Å². The highest BCUT2D eigenvalue weighted by atomic mass is 16.5. The summed E-state index contributed by atoms with van der Waals surface area (Å²) in [4.78, 5) is 29.3. The van der Waals surface area contributed by atoms with Gasteiger partial charge in [0.1, 0.15) is 5.52 Å². The molecule has 2 aromatic heterocycles. The standard InChI is InChI=1S/C19H14N4O3/c1-12-10-15(13-6-2-4-8-16(13)20-12)19(25)26-11-23-18(24)14-7-3-5-9-17(14)21-22-23/h2-10H,11H2,1H3. The van der Waals surface area contributed by atoms with Crippen LogP contribution < -0.4 is 5.56 Å². The van der Waals surface area contributed by atoms with Crippen LogP contribution in [0.1, 0.15) is 16.1 Å². The molecule has 2 aromatic carbocycles. The largest absolute Gasteiger partial charge is 0.439 e. The molecule has 128 valence electrons. The van der Waals surface area contributed by atoms with Gasteiger partial charge in [-0.25, -0.2) is 4.79 Å². The number of esters is 1. The second-order valence-electron chi connectivity index (χ2n) is 5.80. The third-order valence-electron chi connectivity index (χ3n) is 4.01. The third-order valence-corrected chi connectivity index (χ3v) is 4.01. The van der Waals surface area contributed by atoms with Crippen molar-refractivity contribution in [3.63, 3.8) is 0 Å². The summed E-state index contributed by atoms with van der Waals surface area (Å²) in [6, 6.07) is 15.9. The summed E-state index contributed by atoms with van der Waals surface area (Å²) in [5.74, 6) is -0.548. The lowest BCUT2D eigenvalue weighted by Crippen LogP contribution is -2.26. The molecule has 2 heterocycles. The summed E-state index contributed by atoms with van der Waals surface area (Å²) in [5, 5.41) is 8.90. The number of pyridine rings is 1. The fourth-order valence-electron chi connectivity index (χ4n) is 2.78. The molecule has 0 bridgehead atoms. The molecule has 7 heteroatoms. The van der Waals surface area contributed by atoms with Gasteiger partial charge in [0.05, 0.1) is 16.5 Å². The van der Waals surface area contributed by atoms with Gasteiger partial charge < -0.3 is 4.74 Å². The molecule has 0 N–H and O–H groups in total. The van der Waals surface area contributed by atoms with Gasteiger partial charge in [0.25, 0.3) is 5.56 Å². The van der Waals surface area contributed by atoms with Crippen LogP contribution in [0.4, 0.5) is 0 Å². The summed E-state index contributed by atoms with van der Waals surface area (Å²) in [6.45, 7) is 1.49. The molecule has 0 aliphatic carbocycles. The van der Waals surface area contributed by atoms with Crippen LogP contribution in [-0.2, 0) is 11.5 Å². The van der Waals surface area contributed by atoms with E-state index >= 15 is 0 Å². The van der Waals surface area contributed by atoms with E-state index in [1.165, 1.54) is 0 Å². The first-order chi connectivity index (χ1) is 12.6. The lowest BCUT2D eigenvalue weighted by Gasteiger charge is -2.09. The molecule has 26 heavy (non-hydrogen) atoms. The number of fused-ring (bicyclic) bond motifs is 2. The minimum Gasteiger partial charge on any atom is -0.439 e. The third kappa shape index (κ3) is 2.79. The van der Waals surface area contributed by atoms with Gasteiger partial charge in [-0.2, -0.15) is 4.68 Å². The van der Waals surface area contributed by atoms with Gasteiger partial charge in [-0.05, 0) is 31.2 Å². The van der Waals surface area contributed by atoms with Crippen LogP contribution in [-0.4, -0.2) is 25.9 Å². The first kappa shape index (κ1) is 15.9.